The fourth-order valence-electron chi connectivity index (χ4n) is 1.04. The smallest absolute Gasteiger partial charge is 0.347 e. The largest absolute Gasteiger partial charge is 0.478 e. The summed E-state index contributed by atoms with van der Waals surface area (Å²) in [5, 5.41) is 17.4. The second-order valence-electron chi connectivity index (χ2n) is 3.87. The van der Waals surface area contributed by atoms with Gasteiger partial charge in [0.25, 0.3) is 0 Å². The molecule has 0 spiro atoms. The molecule has 92 valence electrons. The summed E-state index contributed by atoms with van der Waals surface area (Å²) in [6.45, 7) is 2.53. The molecule has 1 aromatic rings. The average Bonchev–Trinajstić information content (AvgIpc) is 2.20. The topological polar surface area (TPSA) is 83.8 Å². The fourth-order valence-corrected chi connectivity index (χ4v) is 1.04. The first-order chi connectivity index (χ1) is 7.74. The number of rotatable bonds is 4. The van der Waals surface area contributed by atoms with Gasteiger partial charge in [0, 0.05) is 0 Å². The normalized spacial score (nSPS) is 11.0. The Kier molecular flexibility index (Phi) is 3.36. The number of aliphatic carboxylic acids is 1. The summed E-state index contributed by atoms with van der Waals surface area (Å²) in [4.78, 5) is 21.3. The quantitative estimate of drug-likeness (QED) is 0.840. The van der Waals surface area contributed by atoms with Crippen LogP contribution in [0.2, 0.25) is 0 Å². The van der Waals surface area contributed by atoms with Crippen LogP contribution in [0, 0.1) is 5.82 Å². The molecule has 0 unspecified atom stereocenters. The second-order valence-corrected chi connectivity index (χ2v) is 3.87. The summed E-state index contributed by atoms with van der Waals surface area (Å²) in [5.41, 5.74) is -1.83. The molecule has 0 aliphatic heterocycles. The van der Waals surface area contributed by atoms with Gasteiger partial charge in [0.1, 0.15) is 0 Å². The maximum absolute atomic E-state index is 13.4. The van der Waals surface area contributed by atoms with Gasteiger partial charge in [-0.2, -0.15) is 0 Å². The number of benzene rings is 1. The van der Waals surface area contributed by atoms with Crippen LogP contribution >= 0.6 is 0 Å². The van der Waals surface area contributed by atoms with Crippen molar-refractivity contribution in [3.05, 3.63) is 29.6 Å². The lowest BCUT2D eigenvalue weighted by atomic mass is 10.1. The van der Waals surface area contributed by atoms with Gasteiger partial charge in [-0.25, -0.2) is 14.0 Å². The summed E-state index contributed by atoms with van der Waals surface area (Å²) in [5.74, 6) is -3.74. The highest BCUT2D eigenvalue weighted by Gasteiger charge is 2.30. The molecule has 17 heavy (non-hydrogen) atoms. The molecule has 0 radical (unpaired) electrons. The van der Waals surface area contributed by atoms with E-state index < -0.39 is 23.4 Å². The summed E-state index contributed by atoms with van der Waals surface area (Å²) in [7, 11) is 0. The van der Waals surface area contributed by atoms with E-state index >= 15 is 0 Å². The van der Waals surface area contributed by atoms with Gasteiger partial charge in [0.05, 0.1) is 5.56 Å². The molecule has 5 nitrogen and oxygen atoms in total. The van der Waals surface area contributed by atoms with Gasteiger partial charge in [-0.3, -0.25) is 0 Å². The van der Waals surface area contributed by atoms with Crippen molar-refractivity contribution in [2.24, 2.45) is 0 Å². The first-order valence-corrected chi connectivity index (χ1v) is 4.69. The predicted octanol–water partition coefficient (Wildman–Crippen LogP) is 1.77. The minimum Gasteiger partial charge on any atom is -0.478 e. The number of hydrogen-bond acceptors (Lipinski definition) is 3. The van der Waals surface area contributed by atoms with Crippen molar-refractivity contribution in [2.75, 3.05) is 0 Å². The van der Waals surface area contributed by atoms with E-state index in [-0.39, 0.29) is 11.3 Å². The number of aromatic carboxylic acids is 1. The van der Waals surface area contributed by atoms with Gasteiger partial charge < -0.3 is 14.9 Å². The first kappa shape index (κ1) is 13.0. The Morgan fingerprint density at radius 1 is 1.29 bits per heavy atom. The molecule has 2 N–H and O–H groups in total. The third kappa shape index (κ3) is 2.93. The predicted molar refractivity (Wildman–Crippen MR) is 55.7 cm³/mol. The summed E-state index contributed by atoms with van der Waals surface area (Å²) < 4.78 is 18.4. The van der Waals surface area contributed by atoms with E-state index in [4.69, 9.17) is 14.9 Å². The minimum atomic E-state index is -1.59. The van der Waals surface area contributed by atoms with Crippen LogP contribution in [0.1, 0.15) is 24.2 Å². The second kappa shape index (κ2) is 4.40. The van der Waals surface area contributed by atoms with Crippen molar-refractivity contribution < 1.29 is 28.9 Å². The van der Waals surface area contributed by atoms with E-state index in [1.165, 1.54) is 13.8 Å². The lowest BCUT2D eigenvalue weighted by Gasteiger charge is -2.21. The molecule has 0 fully saturated rings. The van der Waals surface area contributed by atoms with Crippen molar-refractivity contribution in [1.29, 1.82) is 0 Å². The zero-order valence-electron chi connectivity index (χ0n) is 9.23. The zero-order chi connectivity index (χ0) is 13.2. The van der Waals surface area contributed by atoms with Gasteiger partial charge in [-0.15, -0.1) is 0 Å². The third-order valence-electron chi connectivity index (χ3n) is 2.06. The van der Waals surface area contributed by atoms with E-state index in [0.717, 1.165) is 18.2 Å². The van der Waals surface area contributed by atoms with E-state index in [0.29, 0.717) is 0 Å². The average molecular weight is 242 g/mol. The van der Waals surface area contributed by atoms with Crippen LogP contribution < -0.4 is 4.74 Å². The minimum absolute atomic E-state index is 0.233. The molecule has 0 aliphatic carbocycles. The van der Waals surface area contributed by atoms with Crippen LogP contribution in [0.25, 0.3) is 0 Å². The van der Waals surface area contributed by atoms with Crippen LogP contribution in [-0.4, -0.2) is 27.8 Å². The van der Waals surface area contributed by atoms with E-state index in [1.54, 1.807) is 0 Å². The fraction of sp³-hybridized carbons (Fsp3) is 0.273. The van der Waals surface area contributed by atoms with Crippen LogP contribution in [0.4, 0.5) is 4.39 Å². The van der Waals surface area contributed by atoms with Gasteiger partial charge in [-0.05, 0) is 32.0 Å². The first-order valence-electron chi connectivity index (χ1n) is 4.69. The molecule has 0 saturated carbocycles. The molecule has 6 heteroatoms. The van der Waals surface area contributed by atoms with Gasteiger partial charge in [-0.1, -0.05) is 0 Å². The highest BCUT2D eigenvalue weighted by atomic mass is 19.1. The summed E-state index contributed by atoms with van der Waals surface area (Å²) in [6, 6.07) is 3.00. The standard InChI is InChI=1S/C11H11FO5/c1-11(2,10(15)16)17-8-4-3-6(9(13)14)5-7(8)12/h3-5H,1-2H3,(H,13,14)(H,15,16). The molecular formula is C11H11FO5. The van der Waals surface area contributed by atoms with Crippen molar-refractivity contribution in [1.82, 2.24) is 0 Å². The molecule has 0 amide bonds. The van der Waals surface area contributed by atoms with Crippen LogP contribution in [0.5, 0.6) is 5.75 Å². The number of halogens is 1. The van der Waals surface area contributed by atoms with E-state index in [2.05, 4.69) is 0 Å². The van der Waals surface area contributed by atoms with Crippen molar-refractivity contribution >= 4 is 11.9 Å². The van der Waals surface area contributed by atoms with Gasteiger partial charge in [0.2, 0.25) is 0 Å². The van der Waals surface area contributed by atoms with Crippen LogP contribution in [0.3, 0.4) is 0 Å². The van der Waals surface area contributed by atoms with Crippen LogP contribution in [-0.2, 0) is 4.79 Å². The molecule has 1 rings (SSSR count). The molecule has 0 aromatic heterocycles. The maximum atomic E-state index is 13.4. The number of carboxylic acids is 2. The molecular weight excluding hydrogens is 231 g/mol. The molecule has 1 aromatic carbocycles. The maximum Gasteiger partial charge on any atom is 0.347 e. The summed E-state index contributed by atoms with van der Waals surface area (Å²) in [6.07, 6.45) is 0. The Hall–Kier alpha value is -2.11. The highest BCUT2D eigenvalue weighted by Crippen LogP contribution is 2.23. The SMILES string of the molecule is CC(C)(Oc1ccc(C(=O)O)cc1F)C(=O)O. The number of ether oxygens (including phenoxy) is 1. The molecule has 0 atom stereocenters. The van der Waals surface area contributed by atoms with E-state index in [9.17, 15) is 14.0 Å². The number of carboxylic acid groups (broad SMARTS) is 2. The Morgan fingerprint density at radius 2 is 1.88 bits per heavy atom. The molecule has 0 aliphatic rings. The summed E-state index contributed by atoms with van der Waals surface area (Å²) >= 11 is 0. The lowest BCUT2D eigenvalue weighted by Crippen LogP contribution is -2.38. The van der Waals surface area contributed by atoms with Crippen LogP contribution in [0.15, 0.2) is 18.2 Å². The Bertz CT molecular complexity index is 467. The Labute approximate surface area is 96.4 Å². The number of hydrogen-bond donors (Lipinski definition) is 2. The monoisotopic (exact) mass is 242 g/mol. The third-order valence-corrected chi connectivity index (χ3v) is 2.06. The molecule has 0 heterocycles. The molecule has 0 bridgehead atoms. The van der Waals surface area contributed by atoms with Gasteiger partial charge in [0.15, 0.2) is 17.2 Å². The molecule has 0 saturated heterocycles. The van der Waals surface area contributed by atoms with Crippen molar-refractivity contribution in [3.8, 4) is 5.75 Å². The van der Waals surface area contributed by atoms with E-state index in [1.807, 2.05) is 0 Å². The number of carbonyl (C=O) groups is 2. The highest BCUT2D eigenvalue weighted by molar-refractivity contribution is 5.87. The van der Waals surface area contributed by atoms with Crippen molar-refractivity contribution in [3.63, 3.8) is 0 Å². The zero-order valence-corrected chi connectivity index (χ0v) is 9.23. The Balaban J connectivity index is 3.02. The van der Waals surface area contributed by atoms with Crippen molar-refractivity contribution in [2.45, 2.75) is 19.4 Å². The lowest BCUT2D eigenvalue weighted by molar-refractivity contribution is -0.152. The Morgan fingerprint density at radius 3 is 2.29 bits per heavy atom. The van der Waals surface area contributed by atoms with Gasteiger partial charge >= 0.3 is 11.9 Å².